The van der Waals surface area contributed by atoms with Crippen LogP contribution in [0.5, 0.6) is 0 Å². The second-order valence-corrected chi connectivity index (χ2v) is 16.7. The number of amides is 2. The monoisotopic (exact) mass is 919 g/mol. The van der Waals surface area contributed by atoms with Gasteiger partial charge in [0.25, 0.3) is 0 Å². The fourth-order valence-electron chi connectivity index (χ4n) is 7.93. The topological polar surface area (TPSA) is 164 Å². The molecular formula is C52H65N5O10. The van der Waals surface area contributed by atoms with Crippen LogP contribution >= 0.6 is 0 Å². The number of nitrogens with zero attached hydrogens (tertiary/aromatic N) is 4. The van der Waals surface area contributed by atoms with Crippen LogP contribution in [0.15, 0.2) is 121 Å². The molecule has 1 heterocycles. The molecule has 2 amide bonds. The molecule has 0 unspecified atom stereocenters. The molecule has 0 saturated carbocycles. The van der Waals surface area contributed by atoms with Gasteiger partial charge in [-0.05, 0) is 41.5 Å². The largest absolute Gasteiger partial charge is 0.460 e. The normalized spacial score (nSPS) is 13.8. The van der Waals surface area contributed by atoms with Gasteiger partial charge in [0.2, 0.25) is 11.8 Å². The van der Waals surface area contributed by atoms with Gasteiger partial charge in [-0.25, -0.2) is 0 Å². The van der Waals surface area contributed by atoms with Crippen LogP contribution in [0.25, 0.3) is 0 Å². The van der Waals surface area contributed by atoms with E-state index in [1.807, 2.05) is 145 Å². The Kier molecular flexibility index (Phi) is 21.5. The third kappa shape index (κ3) is 18.4. The Morgan fingerprint density at radius 1 is 0.537 bits per heavy atom. The summed E-state index contributed by atoms with van der Waals surface area (Å²) in [6.45, 7) is 4.49. The Balaban J connectivity index is 1.48. The Morgan fingerprint density at radius 3 is 1.25 bits per heavy atom. The molecule has 67 heavy (non-hydrogen) atoms. The van der Waals surface area contributed by atoms with E-state index < -0.39 is 48.4 Å². The standard InChI is InChI=1S/C52H65N5O10/c1-3-27-56(28-4-2)47(59)31-53-46(58)25-26-52(57(34-50(62)66-38-44-21-13-7-14-22-44)35-51(63)67-39-45-23-15-8-16-24-45)40-54(32-48(60)64-36-42-17-9-5-10-18-42)29-30-55(41-52)33-49(61)65-37-43-19-11-6-12-20-43/h5-24H,3-4,25-41H2,1-2H3,(H,53,58). The molecule has 1 aliphatic rings. The van der Waals surface area contributed by atoms with E-state index in [0.717, 1.165) is 35.1 Å². The summed E-state index contributed by atoms with van der Waals surface area (Å²) in [7, 11) is 0. The van der Waals surface area contributed by atoms with Crippen LogP contribution in [0, 0.1) is 0 Å². The van der Waals surface area contributed by atoms with Crippen LogP contribution in [0.2, 0.25) is 0 Å². The molecule has 1 N–H and O–H groups in total. The summed E-state index contributed by atoms with van der Waals surface area (Å²) < 4.78 is 23.0. The van der Waals surface area contributed by atoms with E-state index >= 15 is 0 Å². The fraction of sp³-hybridized carbons (Fsp3) is 0.423. The molecule has 4 aromatic rings. The van der Waals surface area contributed by atoms with Gasteiger partial charge in [-0.3, -0.25) is 43.5 Å². The maximum atomic E-state index is 14.0. The molecule has 0 bridgehead atoms. The van der Waals surface area contributed by atoms with E-state index in [0.29, 0.717) is 13.1 Å². The number of nitrogens with one attached hydrogen (secondary N) is 1. The van der Waals surface area contributed by atoms with Crippen molar-refractivity contribution in [3.8, 4) is 0 Å². The van der Waals surface area contributed by atoms with E-state index in [1.165, 1.54) is 0 Å². The van der Waals surface area contributed by atoms with Crippen LogP contribution in [-0.4, -0.2) is 133 Å². The van der Waals surface area contributed by atoms with Crippen molar-refractivity contribution >= 4 is 35.7 Å². The summed E-state index contributed by atoms with van der Waals surface area (Å²) in [6, 6.07) is 37.0. The summed E-state index contributed by atoms with van der Waals surface area (Å²) in [5.74, 6) is -2.94. The van der Waals surface area contributed by atoms with E-state index in [1.54, 1.807) is 9.80 Å². The van der Waals surface area contributed by atoms with Crippen LogP contribution in [0.4, 0.5) is 0 Å². The highest BCUT2D eigenvalue weighted by molar-refractivity contribution is 5.85. The summed E-state index contributed by atoms with van der Waals surface area (Å²) in [6.07, 6.45) is 1.43. The molecule has 0 atom stereocenters. The van der Waals surface area contributed by atoms with Crippen molar-refractivity contribution in [1.82, 2.24) is 24.9 Å². The minimum Gasteiger partial charge on any atom is -0.460 e. The van der Waals surface area contributed by atoms with Crippen molar-refractivity contribution in [2.45, 2.75) is 71.5 Å². The molecule has 1 saturated heterocycles. The first-order valence-corrected chi connectivity index (χ1v) is 23.1. The third-order valence-corrected chi connectivity index (χ3v) is 11.3. The van der Waals surface area contributed by atoms with Crippen LogP contribution in [0.1, 0.15) is 61.8 Å². The molecule has 358 valence electrons. The van der Waals surface area contributed by atoms with Gasteiger partial charge < -0.3 is 29.2 Å². The first-order chi connectivity index (χ1) is 32.5. The van der Waals surface area contributed by atoms with E-state index in [4.69, 9.17) is 18.9 Å². The third-order valence-electron chi connectivity index (χ3n) is 11.3. The van der Waals surface area contributed by atoms with Gasteiger partial charge in [-0.15, -0.1) is 0 Å². The zero-order valence-electron chi connectivity index (χ0n) is 38.9. The van der Waals surface area contributed by atoms with Gasteiger partial charge >= 0.3 is 23.9 Å². The molecule has 0 aromatic heterocycles. The Morgan fingerprint density at radius 2 is 0.896 bits per heavy atom. The molecule has 0 aliphatic carbocycles. The van der Waals surface area contributed by atoms with Gasteiger partial charge in [-0.2, -0.15) is 0 Å². The maximum Gasteiger partial charge on any atom is 0.320 e. The van der Waals surface area contributed by atoms with Gasteiger partial charge in [0.05, 0.1) is 32.7 Å². The smallest absolute Gasteiger partial charge is 0.320 e. The predicted octanol–water partition coefficient (Wildman–Crippen LogP) is 5.16. The van der Waals surface area contributed by atoms with Crippen LogP contribution < -0.4 is 5.32 Å². The summed E-state index contributed by atoms with van der Waals surface area (Å²) in [5, 5.41) is 2.79. The molecular weight excluding hydrogens is 855 g/mol. The maximum absolute atomic E-state index is 14.0. The number of esters is 4. The Hall–Kier alpha value is -6.42. The second-order valence-electron chi connectivity index (χ2n) is 16.7. The molecule has 15 heteroatoms. The van der Waals surface area contributed by atoms with Crippen molar-refractivity contribution in [2.75, 3.05) is 72.0 Å². The zero-order chi connectivity index (χ0) is 47.7. The lowest BCUT2D eigenvalue weighted by atomic mass is 9.89. The predicted molar refractivity (Wildman–Crippen MR) is 252 cm³/mol. The number of rotatable bonds is 26. The number of hydrogen-bond donors (Lipinski definition) is 1. The highest BCUT2D eigenvalue weighted by Gasteiger charge is 2.45. The first-order valence-electron chi connectivity index (χ1n) is 23.1. The van der Waals surface area contributed by atoms with Gasteiger partial charge in [0, 0.05) is 51.2 Å². The Labute approximate surface area is 394 Å². The number of carbonyl (C=O) groups excluding carboxylic acids is 6. The van der Waals surface area contributed by atoms with Crippen molar-refractivity contribution < 1.29 is 47.7 Å². The number of benzene rings is 4. The number of carbonyl (C=O) groups is 6. The summed E-state index contributed by atoms with van der Waals surface area (Å²) >= 11 is 0. The molecule has 1 aliphatic heterocycles. The van der Waals surface area contributed by atoms with Crippen molar-refractivity contribution in [3.05, 3.63) is 144 Å². The van der Waals surface area contributed by atoms with Gasteiger partial charge in [0.15, 0.2) is 0 Å². The minimum atomic E-state index is -1.29. The lowest BCUT2D eigenvalue weighted by Crippen LogP contribution is -2.62. The van der Waals surface area contributed by atoms with Crippen molar-refractivity contribution in [1.29, 1.82) is 0 Å². The second kappa shape index (κ2) is 27.9. The lowest BCUT2D eigenvalue weighted by molar-refractivity contribution is -0.156. The zero-order valence-corrected chi connectivity index (χ0v) is 38.9. The number of ether oxygens (including phenoxy) is 4. The molecule has 0 radical (unpaired) electrons. The number of hydrogen-bond acceptors (Lipinski definition) is 13. The average Bonchev–Trinajstić information content (AvgIpc) is 3.52. The quantitative estimate of drug-likeness (QED) is 0.0650. The minimum absolute atomic E-state index is 0.0265. The average molecular weight is 920 g/mol. The highest BCUT2D eigenvalue weighted by atomic mass is 16.5. The summed E-state index contributed by atoms with van der Waals surface area (Å²) in [4.78, 5) is 89.3. The van der Waals surface area contributed by atoms with E-state index in [9.17, 15) is 28.8 Å². The Bertz CT molecular complexity index is 2010. The SMILES string of the molecule is CCCN(CCC)C(=O)CNC(=O)CCC1(N(CC(=O)OCc2ccccc2)CC(=O)OCc2ccccc2)CN(CC(=O)OCc2ccccc2)CCN(CC(=O)OCc2ccccc2)C1. The molecule has 15 nitrogen and oxygen atoms in total. The van der Waals surface area contributed by atoms with E-state index in [2.05, 4.69) is 5.32 Å². The highest BCUT2D eigenvalue weighted by Crippen LogP contribution is 2.29. The molecule has 1 fully saturated rings. The molecule has 5 rings (SSSR count). The first kappa shape index (κ1) is 51.6. The fourth-order valence-corrected chi connectivity index (χ4v) is 7.93. The summed E-state index contributed by atoms with van der Waals surface area (Å²) in [5.41, 5.74) is 1.86. The van der Waals surface area contributed by atoms with Crippen molar-refractivity contribution in [2.24, 2.45) is 0 Å². The van der Waals surface area contributed by atoms with Crippen molar-refractivity contribution in [3.63, 3.8) is 0 Å². The van der Waals surface area contributed by atoms with Crippen LogP contribution in [0.3, 0.4) is 0 Å². The van der Waals surface area contributed by atoms with E-state index in [-0.39, 0.29) is 91.0 Å². The van der Waals surface area contributed by atoms with Crippen LogP contribution in [-0.2, 0) is 74.1 Å². The van der Waals surface area contributed by atoms with Gasteiger partial charge in [-0.1, -0.05) is 135 Å². The molecule has 4 aromatic carbocycles. The van der Waals surface area contributed by atoms with Gasteiger partial charge in [0.1, 0.15) is 26.4 Å². The lowest BCUT2D eigenvalue weighted by Gasteiger charge is -2.45. The molecule has 0 spiro atoms.